The van der Waals surface area contributed by atoms with E-state index in [1.165, 1.54) is 17.5 Å². The highest BCUT2D eigenvalue weighted by Gasteiger charge is 1.95. The summed E-state index contributed by atoms with van der Waals surface area (Å²) in [6, 6.07) is 8.52. The summed E-state index contributed by atoms with van der Waals surface area (Å²) in [6.07, 6.45) is 6.44. The zero-order valence-electron chi connectivity index (χ0n) is 10.4. The molecular formula is C14H23N. The lowest BCUT2D eigenvalue weighted by Crippen LogP contribution is -1.92. The van der Waals surface area contributed by atoms with Crippen LogP contribution in [0.1, 0.15) is 38.3 Å². The van der Waals surface area contributed by atoms with E-state index in [-0.39, 0.29) is 0 Å². The molecule has 84 valence electrons. The third kappa shape index (κ3) is 5.26. The number of hydrogen-bond donors (Lipinski definition) is 1. The Kier molecular flexibility index (Phi) is 8.55. The third-order valence-electron chi connectivity index (χ3n) is 2.00. The average Bonchev–Trinajstić information content (AvgIpc) is 2.31. The topological polar surface area (TPSA) is 12.0 Å². The van der Waals surface area contributed by atoms with Crippen molar-refractivity contribution < 1.29 is 0 Å². The molecule has 1 N–H and O–H groups in total. The number of rotatable bonds is 4. The third-order valence-corrected chi connectivity index (χ3v) is 2.00. The molecular weight excluding hydrogens is 182 g/mol. The van der Waals surface area contributed by atoms with Gasteiger partial charge in [0.25, 0.3) is 0 Å². The number of hydrogen-bond acceptors (Lipinski definition) is 1. The number of nitrogens with one attached hydrogen (secondary N) is 1. The van der Waals surface area contributed by atoms with Crippen LogP contribution in [0.25, 0.3) is 6.08 Å². The van der Waals surface area contributed by atoms with E-state index in [0.717, 1.165) is 6.42 Å². The van der Waals surface area contributed by atoms with Gasteiger partial charge >= 0.3 is 0 Å². The molecule has 1 aromatic rings. The van der Waals surface area contributed by atoms with Gasteiger partial charge in [-0.15, -0.1) is 0 Å². The van der Waals surface area contributed by atoms with E-state index in [4.69, 9.17) is 0 Å². The molecule has 0 fully saturated rings. The molecule has 0 saturated heterocycles. The van der Waals surface area contributed by atoms with Gasteiger partial charge in [0.15, 0.2) is 0 Å². The molecule has 15 heavy (non-hydrogen) atoms. The Morgan fingerprint density at radius 3 is 2.47 bits per heavy atom. The maximum atomic E-state index is 3.00. The van der Waals surface area contributed by atoms with Gasteiger partial charge in [-0.2, -0.15) is 0 Å². The van der Waals surface area contributed by atoms with Crippen molar-refractivity contribution in [2.75, 3.05) is 7.05 Å². The molecule has 0 spiro atoms. The Morgan fingerprint density at radius 1 is 1.20 bits per heavy atom. The largest absolute Gasteiger partial charge is 0.394 e. The lowest BCUT2D eigenvalue weighted by atomic mass is 10.0. The fourth-order valence-corrected chi connectivity index (χ4v) is 1.37. The van der Waals surface area contributed by atoms with E-state index in [1.807, 2.05) is 27.1 Å². The molecule has 0 radical (unpaired) electrons. The zero-order chi connectivity index (χ0) is 11.5. The Hall–Kier alpha value is -1.24. The fourth-order valence-electron chi connectivity index (χ4n) is 1.37. The maximum absolute atomic E-state index is 3.00. The number of benzene rings is 1. The Labute approximate surface area is 94.2 Å². The first kappa shape index (κ1) is 13.8. The summed E-state index contributed by atoms with van der Waals surface area (Å²) in [6.45, 7) is 6.21. The van der Waals surface area contributed by atoms with Crippen LogP contribution < -0.4 is 5.32 Å². The van der Waals surface area contributed by atoms with E-state index >= 15 is 0 Å². The van der Waals surface area contributed by atoms with Crippen LogP contribution in [0.15, 0.2) is 30.5 Å². The molecule has 1 aromatic carbocycles. The molecule has 0 atom stereocenters. The highest BCUT2D eigenvalue weighted by molar-refractivity contribution is 5.53. The first-order valence-corrected chi connectivity index (χ1v) is 5.80. The minimum absolute atomic E-state index is 1.16. The Bertz CT molecular complexity index is 276. The molecule has 0 unspecified atom stereocenters. The minimum Gasteiger partial charge on any atom is -0.394 e. The van der Waals surface area contributed by atoms with Gasteiger partial charge in [-0.05, 0) is 29.8 Å². The predicted octanol–water partition coefficient (Wildman–Crippen LogP) is 3.86. The fraction of sp³-hybridized carbons (Fsp3) is 0.429. The molecule has 0 heterocycles. The second kappa shape index (κ2) is 9.32. The molecule has 1 heteroatoms. The summed E-state index contributed by atoms with van der Waals surface area (Å²) in [5.41, 5.74) is 2.75. The molecule has 0 aromatic heterocycles. The van der Waals surface area contributed by atoms with E-state index in [2.05, 4.69) is 42.6 Å². The van der Waals surface area contributed by atoms with Gasteiger partial charge in [0.2, 0.25) is 0 Å². The molecule has 0 saturated carbocycles. The van der Waals surface area contributed by atoms with Crippen LogP contribution in [0.4, 0.5) is 0 Å². The minimum atomic E-state index is 1.16. The standard InChI is InChI=1S/C12H17N.C2H6/c1-3-6-11-7-4-5-8-12(11)9-10-13-2;1-2/h4-5,7-10,13H,3,6H2,1-2H3;1-2H3/b10-9-;. The van der Waals surface area contributed by atoms with Crippen LogP contribution in [0.3, 0.4) is 0 Å². The van der Waals surface area contributed by atoms with Gasteiger partial charge in [0.05, 0.1) is 0 Å². The Morgan fingerprint density at radius 2 is 1.87 bits per heavy atom. The summed E-state index contributed by atoms with van der Waals surface area (Å²) in [5.74, 6) is 0. The highest BCUT2D eigenvalue weighted by atomic mass is 14.8. The zero-order valence-corrected chi connectivity index (χ0v) is 10.4. The summed E-state index contributed by atoms with van der Waals surface area (Å²) >= 11 is 0. The van der Waals surface area contributed by atoms with E-state index in [9.17, 15) is 0 Å². The van der Waals surface area contributed by atoms with Crippen LogP contribution in [0.2, 0.25) is 0 Å². The molecule has 1 nitrogen and oxygen atoms in total. The molecule has 1 rings (SSSR count). The maximum Gasteiger partial charge on any atom is 0.00277 e. The van der Waals surface area contributed by atoms with E-state index in [0.29, 0.717) is 0 Å². The van der Waals surface area contributed by atoms with Crippen molar-refractivity contribution in [1.29, 1.82) is 0 Å². The van der Waals surface area contributed by atoms with Gasteiger partial charge in [0, 0.05) is 7.05 Å². The summed E-state index contributed by atoms with van der Waals surface area (Å²) in [7, 11) is 1.92. The van der Waals surface area contributed by atoms with E-state index < -0.39 is 0 Å². The van der Waals surface area contributed by atoms with Gasteiger partial charge < -0.3 is 5.32 Å². The first-order chi connectivity index (χ1) is 7.38. The van der Waals surface area contributed by atoms with Gasteiger partial charge in [-0.3, -0.25) is 0 Å². The molecule has 0 aliphatic heterocycles. The smallest absolute Gasteiger partial charge is 0.00277 e. The van der Waals surface area contributed by atoms with Crippen molar-refractivity contribution in [2.45, 2.75) is 33.6 Å². The molecule has 0 bridgehead atoms. The van der Waals surface area contributed by atoms with Crippen LogP contribution >= 0.6 is 0 Å². The van der Waals surface area contributed by atoms with Crippen LogP contribution in [-0.2, 0) is 6.42 Å². The lowest BCUT2D eigenvalue weighted by Gasteiger charge is -2.03. The SMILES string of the molecule is CC.CCCc1ccccc1/C=C\NC. The van der Waals surface area contributed by atoms with Crippen molar-refractivity contribution in [3.8, 4) is 0 Å². The van der Waals surface area contributed by atoms with Gasteiger partial charge in [0.1, 0.15) is 0 Å². The predicted molar refractivity (Wildman–Crippen MR) is 69.9 cm³/mol. The van der Waals surface area contributed by atoms with Crippen LogP contribution in [0, 0.1) is 0 Å². The Balaban J connectivity index is 0.000000921. The van der Waals surface area contributed by atoms with Crippen molar-refractivity contribution in [2.24, 2.45) is 0 Å². The van der Waals surface area contributed by atoms with Crippen LogP contribution in [0.5, 0.6) is 0 Å². The summed E-state index contributed by atoms with van der Waals surface area (Å²) in [5, 5.41) is 3.00. The molecule has 0 aliphatic rings. The summed E-state index contributed by atoms with van der Waals surface area (Å²) in [4.78, 5) is 0. The molecule has 0 aliphatic carbocycles. The van der Waals surface area contributed by atoms with Crippen molar-refractivity contribution in [3.63, 3.8) is 0 Å². The second-order valence-electron chi connectivity index (χ2n) is 3.07. The van der Waals surface area contributed by atoms with E-state index in [1.54, 1.807) is 0 Å². The van der Waals surface area contributed by atoms with Crippen molar-refractivity contribution in [1.82, 2.24) is 5.32 Å². The van der Waals surface area contributed by atoms with Crippen LogP contribution in [-0.4, -0.2) is 7.05 Å². The monoisotopic (exact) mass is 205 g/mol. The quantitative estimate of drug-likeness (QED) is 0.787. The first-order valence-electron chi connectivity index (χ1n) is 5.80. The number of aryl methyl sites for hydroxylation is 1. The van der Waals surface area contributed by atoms with Crippen molar-refractivity contribution >= 4 is 6.08 Å². The average molecular weight is 205 g/mol. The molecule has 0 amide bonds. The summed E-state index contributed by atoms with van der Waals surface area (Å²) < 4.78 is 0. The van der Waals surface area contributed by atoms with Crippen molar-refractivity contribution in [3.05, 3.63) is 41.6 Å². The second-order valence-corrected chi connectivity index (χ2v) is 3.07. The highest BCUT2D eigenvalue weighted by Crippen LogP contribution is 2.12. The van der Waals surface area contributed by atoms with Gasteiger partial charge in [-0.25, -0.2) is 0 Å². The normalized spacial score (nSPS) is 9.60. The lowest BCUT2D eigenvalue weighted by molar-refractivity contribution is 0.919. The van der Waals surface area contributed by atoms with Gasteiger partial charge in [-0.1, -0.05) is 51.5 Å².